The molecule has 0 amide bonds. The summed E-state index contributed by atoms with van der Waals surface area (Å²) in [5, 5.41) is 2.60. The zero-order valence-electron chi connectivity index (χ0n) is 41.2. The molecule has 0 saturated carbocycles. The lowest BCUT2D eigenvalue weighted by Crippen LogP contribution is -2.62. The Hall–Kier alpha value is -8.12. The summed E-state index contributed by atoms with van der Waals surface area (Å²) in [5.41, 5.74) is 23.1. The fourth-order valence-electron chi connectivity index (χ4n) is 12.2. The van der Waals surface area contributed by atoms with Crippen molar-refractivity contribution in [2.75, 3.05) is 14.6 Å². The van der Waals surface area contributed by atoms with E-state index in [0.29, 0.717) is 0 Å². The van der Waals surface area contributed by atoms with Crippen LogP contribution in [0.1, 0.15) is 51.3 Å². The molecule has 3 aliphatic heterocycles. The van der Waals surface area contributed by atoms with Crippen molar-refractivity contribution in [3.8, 4) is 33.4 Å². The average molecular weight is 942 g/mol. The van der Waals surface area contributed by atoms with Gasteiger partial charge in [-0.2, -0.15) is 0 Å². The molecule has 3 nitrogen and oxygen atoms in total. The van der Waals surface area contributed by atoms with Crippen molar-refractivity contribution in [3.63, 3.8) is 0 Å². The van der Waals surface area contributed by atoms with Crippen LogP contribution in [0, 0.1) is 0 Å². The van der Waals surface area contributed by atoms with E-state index in [0.717, 1.165) is 17.1 Å². The van der Waals surface area contributed by atoms with Crippen molar-refractivity contribution in [1.82, 2.24) is 0 Å². The standard InChI is InChI=1S/C67H52BN3S/c1-66(2,3)47-33-35-48(36-34-47)71-60-41-54-52-27-12-15-32-62(52)72-63(54)42-53(60)55-39-51(40-61-64(55)68(71)58-30-18-29-57-65(58)70(61)59-31-14-13-28-56(59)67(57,4)5)69(49-25-16-23-45(37-49)43-19-8-6-9-20-43)50-26-17-24-46(38-50)44-21-10-7-11-22-44/h6-42H,1-5H3. The average Bonchev–Trinajstić information content (AvgIpc) is 3.79. The lowest BCUT2D eigenvalue weighted by Gasteiger charge is -2.50. The van der Waals surface area contributed by atoms with Crippen LogP contribution in [0.3, 0.4) is 0 Å². The highest BCUT2D eigenvalue weighted by molar-refractivity contribution is 7.25. The Balaban J connectivity index is 1.11. The minimum atomic E-state index is -0.244. The van der Waals surface area contributed by atoms with Crippen molar-refractivity contribution in [1.29, 1.82) is 0 Å². The van der Waals surface area contributed by atoms with Gasteiger partial charge in [0.05, 0.1) is 5.69 Å². The summed E-state index contributed by atoms with van der Waals surface area (Å²) in [4.78, 5) is 7.82. The highest BCUT2D eigenvalue weighted by Crippen LogP contribution is 2.57. The first kappa shape index (κ1) is 42.7. The zero-order valence-corrected chi connectivity index (χ0v) is 42.0. The number of thiophene rings is 1. The molecule has 0 N–H and O–H groups in total. The second kappa shape index (κ2) is 15.9. The maximum atomic E-state index is 2.68. The molecule has 4 heterocycles. The molecule has 10 aromatic carbocycles. The molecule has 72 heavy (non-hydrogen) atoms. The minimum absolute atomic E-state index is 0.0200. The van der Waals surface area contributed by atoms with Crippen LogP contribution in [0.25, 0.3) is 53.6 Å². The number of fused-ring (bicyclic) bond motifs is 9. The maximum Gasteiger partial charge on any atom is 0.333 e. The first-order valence-corrected chi connectivity index (χ1v) is 26.1. The molecule has 0 aliphatic carbocycles. The number of anilines is 8. The highest BCUT2D eigenvalue weighted by Gasteiger charge is 2.50. The Bertz CT molecular complexity index is 3880. The maximum absolute atomic E-state index is 2.68. The normalized spacial score (nSPS) is 13.9. The van der Waals surface area contributed by atoms with E-state index in [1.54, 1.807) is 0 Å². The molecule has 0 unspecified atom stereocenters. The fraction of sp³-hybridized carbons (Fsp3) is 0.104. The number of hydrogen-bond acceptors (Lipinski definition) is 4. The van der Waals surface area contributed by atoms with E-state index in [9.17, 15) is 0 Å². The van der Waals surface area contributed by atoms with Crippen molar-refractivity contribution < 1.29 is 0 Å². The molecular formula is C67H52BN3S. The van der Waals surface area contributed by atoms with Gasteiger partial charge in [0, 0.05) is 71.0 Å². The summed E-state index contributed by atoms with van der Waals surface area (Å²) in [6.07, 6.45) is 0. The van der Waals surface area contributed by atoms with Crippen molar-refractivity contribution in [2.24, 2.45) is 0 Å². The SMILES string of the molecule is CC(C)(C)c1ccc(N2B3c4cccc5c4N(c4ccccc4C5(C)C)c4cc(N(c5cccc(-c6ccccc6)c5)c5cccc(-c6ccccc6)c5)cc(c43)-c3cc4sc5ccccc5c4cc32)cc1. The smallest absolute Gasteiger partial charge is 0.333 e. The minimum Gasteiger partial charge on any atom is -0.376 e. The summed E-state index contributed by atoms with van der Waals surface area (Å²) < 4.78 is 2.60. The number of hydrogen-bond donors (Lipinski definition) is 0. The second-order valence-corrected chi connectivity index (χ2v) is 22.4. The van der Waals surface area contributed by atoms with Crippen molar-refractivity contribution >= 4 is 94.8 Å². The Morgan fingerprint density at radius 1 is 0.458 bits per heavy atom. The number of rotatable bonds is 6. The fourth-order valence-corrected chi connectivity index (χ4v) is 13.3. The van der Waals surface area contributed by atoms with Crippen LogP contribution in [0.15, 0.2) is 224 Å². The molecular weight excluding hydrogens is 890 g/mol. The Morgan fingerprint density at radius 2 is 1.07 bits per heavy atom. The van der Waals surface area contributed by atoms with Crippen LogP contribution in [0.5, 0.6) is 0 Å². The highest BCUT2D eigenvalue weighted by atomic mass is 32.1. The summed E-state index contributed by atoms with van der Waals surface area (Å²) in [5.74, 6) is 0. The van der Waals surface area contributed by atoms with Gasteiger partial charge in [0.25, 0.3) is 0 Å². The first-order valence-electron chi connectivity index (χ1n) is 25.3. The topological polar surface area (TPSA) is 9.72 Å². The van der Waals surface area contributed by atoms with Crippen LogP contribution in [0.2, 0.25) is 0 Å². The largest absolute Gasteiger partial charge is 0.376 e. The lowest BCUT2D eigenvalue weighted by atomic mass is 9.42. The molecule has 344 valence electrons. The van der Waals surface area contributed by atoms with E-state index in [-0.39, 0.29) is 17.7 Å². The van der Waals surface area contributed by atoms with Gasteiger partial charge in [0.15, 0.2) is 0 Å². The third-order valence-electron chi connectivity index (χ3n) is 15.7. The Labute approximate surface area is 427 Å². The number of nitrogens with zero attached hydrogens (tertiary/aromatic N) is 3. The predicted molar refractivity (Wildman–Crippen MR) is 309 cm³/mol. The number of benzene rings is 10. The van der Waals surface area contributed by atoms with Gasteiger partial charge in [-0.25, -0.2) is 0 Å². The van der Waals surface area contributed by atoms with Gasteiger partial charge in [0.2, 0.25) is 0 Å². The molecule has 0 spiro atoms. The molecule has 0 radical (unpaired) electrons. The van der Waals surface area contributed by atoms with Crippen LogP contribution in [-0.4, -0.2) is 6.85 Å². The van der Waals surface area contributed by atoms with E-state index in [1.807, 2.05) is 11.3 Å². The molecule has 11 aromatic rings. The quantitative estimate of drug-likeness (QED) is 0.154. The molecule has 1 aromatic heterocycles. The van der Waals surface area contributed by atoms with Gasteiger partial charge in [0.1, 0.15) is 0 Å². The van der Waals surface area contributed by atoms with Gasteiger partial charge in [-0.1, -0.05) is 186 Å². The van der Waals surface area contributed by atoms with Crippen LogP contribution in [0.4, 0.5) is 45.5 Å². The summed E-state index contributed by atoms with van der Waals surface area (Å²) in [6, 6.07) is 84.4. The molecule has 0 atom stereocenters. The molecule has 14 rings (SSSR count). The molecule has 5 heteroatoms. The van der Waals surface area contributed by atoms with E-state index in [4.69, 9.17) is 0 Å². The van der Waals surface area contributed by atoms with Gasteiger partial charge in [-0.05, 0) is 134 Å². The van der Waals surface area contributed by atoms with Gasteiger partial charge in [-0.3, -0.25) is 0 Å². The van der Waals surface area contributed by atoms with E-state index in [1.165, 1.54) is 110 Å². The Morgan fingerprint density at radius 3 is 1.76 bits per heavy atom. The summed E-state index contributed by atoms with van der Waals surface area (Å²) in [6.45, 7) is 11.6. The zero-order chi connectivity index (χ0) is 48.5. The molecule has 0 saturated heterocycles. The Kier molecular flexibility index (Phi) is 9.47. The van der Waals surface area contributed by atoms with E-state index >= 15 is 0 Å². The van der Waals surface area contributed by atoms with Gasteiger partial charge >= 0.3 is 6.85 Å². The molecule has 0 fully saturated rings. The van der Waals surface area contributed by atoms with Crippen molar-refractivity contribution in [3.05, 3.63) is 241 Å². The third-order valence-corrected chi connectivity index (χ3v) is 16.9. The summed E-state index contributed by atoms with van der Waals surface area (Å²) >= 11 is 1.89. The van der Waals surface area contributed by atoms with Gasteiger partial charge in [-0.15, -0.1) is 11.3 Å². The molecule has 3 aliphatic rings. The van der Waals surface area contributed by atoms with Crippen LogP contribution >= 0.6 is 11.3 Å². The van der Waals surface area contributed by atoms with E-state index in [2.05, 4.69) is 274 Å². The van der Waals surface area contributed by atoms with Crippen molar-refractivity contribution in [2.45, 2.75) is 45.4 Å². The number of para-hydroxylation sites is 2. The summed E-state index contributed by atoms with van der Waals surface area (Å²) in [7, 11) is 0. The van der Waals surface area contributed by atoms with E-state index < -0.39 is 0 Å². The van der Waals surface area contributed by atoms with Crippen LogP contribution in [-0.2, 0) is 10.8 Å². The second-order valence-electron chi connectivity index (χ2n) is 21.3. The monoisotopic (exact) mass is 941 g/mol. The third kappa shape index (κ3) is 6.50. The lowest BCUT2D eigenvalue weighted by molar-refractivity contribution is 0.590. The molecule has 0 bridgehead atoms. The van der Waals surface area contributed by atoms with Crippen LogP contribution < -0.4 is 25.5 Å². The van der Waals surface area contributed by atoms with Gasteiger partial charge < -0.3 is 14.6 Å². The first-order chi connectivity index (χ1) is 35.1. The predicted octanol–water partition coefficient (Wildman–Crippen LogP) is 17.5.